The second-order valence-corrected chi connectivity index (χ2v) is 6.42. The molecule has 1 N–H and O–H groups in total. The fraction of sp³-hybridized carbons (Fsp3) is 0.933. The summed E-state index contributed by atoms with van der Waals surface area (Å²) < 4.78 is 0. The Kier molecular flexibility index (Phi) is 4.08. The predicted octanol–water partition coefficient (Wildman–Crippen LogP) is 1.21. The maximum Gasteiger partial charge on any atom is 0.239 e. The minimum Gasteiger partial charge on any atom is -0.341 e. The summed E-state index contributed by atoms with van der Waals surface area (Å²) in [4.78, 5) is 17.1. The van der Waals surface area contributed by atoms with Crippen molar-refractivity contribution in [3.63, 3.8) is 0 Å². The van der Waals surface area contributed by atoms with Crippen LogP contribution in [0.3, 0.4) is 0 Å². The molecule has 0 bridgehead atoms. The molecular formula is C15H27N3O. The number of piperidine rings is 1. The highest BCUT2D eigenvalue weighted by molar-refractivity contribution is 5.81. The summed E-state index contributed by atoms with van der Waals surface area (Å²) in [5, 5.41) is 3.61. The SMILES string of the molecule is CC(NC1CCN2CCCC12)C(=O)N1CCCCC1. The van der Waals surface area contributed by atoms with Gasteiger partial charge in [-0.2, -0.15) is 0 Å². The molecule has 19 heavy (non-hydrogen) atoms. The first-order valence-electron chi connectivity index (χ1n) is 8.04. The number of nitrogens with zero attached hydrogens (tertiary/aromatic N) is 2. The smallest absolute Gasteiger partial charge is 0.239 e. The van der Waals surface area contributed by atoms with Gasteiger partial charge in [0.15, 0.2) is 0 Å². The van der Waals surface area contributed by atoms with Crippen LogP contribution in [0, 0.1) is 0 Å². The van der Waals surface area contributed by atoms with Crippen LogP contribution in [0.15, 0.2) is 0 Å². The van der Waals surface area contributed by atoms with Crippen molar-refractivity contribution in [1.82, 2.24) is 15.1 Å². The molecule has 0 radical (unpaired) electrons. The molecule has 1 amide bonds. The average molecular weight is 265 g/mol. The van der Waals surface area contributed by atoms with Crippen molar-refractivity contribution in [2.45, 2.75) is 63.6 Å². The summed E-state index contributed by atoms with van der Waals surface area (Å²) in [6.45, 7) is 6.45. The van der Waals surface area contributed by atoms with Crippen LogP contribution in [0.1, 0.15) is 45.4 Å². The minimum absolute atomic E-state index is 0.0105. The van der Waals surface area contributed by atoms with E-state index < -0.39 is 0 Å². The van der Waals surface area contributed by atoms with Gasteiger partial charge in [-0.15, -0.1) is 0 Å². The Hall–Kier alpha value is -0.610. The summed E-state index contributed by atoms with van der Waals surface area (Å²) in [7, 11) is 0. The highest BCUT2D eigenvalue weighted by Gasteiger charge is 2.38. The molecule has 0 aliphatic carbocycles. The van der Waals surface area contributed by atoms with Gasteiger partial charge in [-0.05, 0) is 52.0 Å². The Morgan fingerprint density at radius 1 is 1.05 bits per heavy atom. The lowest BCUT2D eigenvalue weighted by Gasteiger charge is -2.31. The van der Waals surface area contributed by atoms with Gasteiger partial charge >= 0.3 is 0 Å². The van der Waals surface area contributed by atoms with E-state index in [0.717, 1.165) is 13.1 Å². The van der Waals surface area contributed by atoms with Crippen LogP contribution in [-0.4, -0.2) is 60.0 Å². The molecule has 0 spiro atoms. The highest BCUT2D eigenvalue weighted by Crippen LogP contribution is 2.28. The molecule has 3 heterocycles. The fourth-order valence-electron chi connectivity index (χ4n) is 4.06. The van der Waals surface area contributed by atoms with E-state index in [4.69, 9.17) is 0 Å². The molecule has 4 nitrogen and oxygen atoms in total. The zero-order valence-electron chi connectivity index (χ0n) is 12.1. The number of likely N-dealkylation sites (tertiary alicyclic amines) is 1. The largest absolute Gasteiger partial charge is 0.341 e. The van der Waals surface area contributed by atoms with Gasteiger partial charge in [0.25, 0.3) is 0 Å². The van der Waals surface area contributed by atoms with Crippen molar-refractivity contribution in [3.05, 3.63) is 0 Å². The monoisotopic (exact) mass is 265 g/mol. The van der Waals surface area contributed by atoms with Gasteiger partial charge in [0.2, 0.25) is 5.91 Å². The van der Waals surface area contributed by atoms with E-state index in [1.807, 2.05) is 0 Å². The second kappa shape index (κ2) is 5.80. The van der Waals surface area contributed by atoms with Crippen molar-refractivity contribution in [2.24, 2.45) is 0 Å². The Bertz CT molecular complexity index is 327. The first-order valence-corrected chi connectivity index (χ1v) is 8.04. The molecule has 3 aliphatic heterocycles. The highest BCUT2D eigenvalue weighted by atomic mass is 16.2. The van der Waals surface area contributed by atoms with E-state index >= 15 is 0 Å². The Morgan fingerprint density at radius 3 is 2.63 bits per heavy atom. The first kappa shape index (κ1) is 13.4. The Morgan fingerprint density at radius 2 is 1.84 bits per heavy atom. The van der Waals surface area contributed by atoms with Gasteiger partial charge in [0.1, 0.15) is 0 Å². The van der Waals surface area contributed by atoms with Crippen molar-refractivity contribution >= 4 is 5.91 Å². The summed E-state index contributed by atoms with van der Waals surface area (Å²) in [5.74, 6) is 0.316. The van der Waals surface area contributed by atoms with Crippen LogP contribution in [-0.2, 0) is 4.79 Å². The van der Waals surface area contributed by atoms with E-state index in [1.165, 1.54) is 51.6 Å². The van der Waals surface area contributed by atoms with E-state index in [9.17, 15) is 4.79 Å². The molecule has 4 heteroatoms. The molecule has 3 aliphatic rings. The number of rotatable bonds is 3. The summed E-state index contributed by atoms with van der Waals surface area (Å²) in [6, 6.07) is 1.21. The number of hydrogen-bond donors (Lipinski definition) is 1. The van der Waals surface area contributed by atoms with Crippen LogP contribution in [0.4, 0.5) is 0 Å². The van der Waals surface area contributed by atoms with Gasteiger partial charge in [0.05, 0.1) is 6.04 Å². The molecule has 0 aromatic rings. The average Bonchev–Trinajstić information content (AvgIpc) is 3.04. The standard InChI is InChI=1S/C15H27N3O/c1-12(15(19)18-8-3-2-4-9-18)16-13-7-11-17-10-5-6-14(13)17/h12-14,16H,2-11H2,1H3. The number of carbonyl (C=O) groups is 1. The summed E-state index contributed by atoms with van der Waals surface area (Å²) in [5.41, 5.74) is 0. The summed E-state index contributed by atoms with van der Waals surface area (Å²) in [6.07, 6.45) is 7.49. The van der Waals surface area contributed by atoms with E-state index in [0.29, 0.717) is 18.0 Å². The predicted molar refractivity (Wildman–Crippen MR) is 76.0 cm³/mol. The van der Waals surface area contributed by atoms with Gasteiger partial charge in [0, 0.05) is 31.7 Å². The quantitative estimate of drug-likeness (QED) is 0.833. The number of nitrogens with one attached hydrogen (secondary N) is 1. The molecule has 3 rings (SSSR count). The maximum atomic E-state index is 12.4. The molecule has 0 aromatic heterocycles. The maximum absolute atomic E-state index is 12.4. The van der Waals surface area contributed by atoms with E-state index in [-0.39, 0.29) is 6.04 Å². The van der Waals surface area contributed by atoms with Gasteiger partial charge in [-0.25, -0.2) is 0 Å². The molecule has 3 atom stereocenters. The number of fused-ring (bicyclic) bond motifs is 1. The third-order valence-electron chi connectivity index (χ3n) is 5.11. The van der Waals surface area contributed by atoms with Gasteiger partial charge < -0.3 is 10.2 Å². The molecule has 3 unspecified atom stereocenters. The zero-order valence-corrected chi connectivity index (χ0v) is 12.1. The zero-order chi connectivity index (χ0) is 13.2. The van der Waals surface area contributed by atoms with Crippen LogP contribution in [0.5, 0.6) is 0 Å². The molecule has 0 saturated carbocycles. The Balaban J connectivity index is 1.52. The lowest BCUT2D eigenvalue weighted by atomic mass is 10.0. The first-order chi connectivity index (χ1) is 9.25. The van der Waals surface area contributed by atoms with Crippen molar-refractivity contribution in [3.8, 4) is 0 Å². The number of amides is 1. The molecule has 0 aromatic carbocycles. The van der Waals surface area contributed by atoms with Gasteiger partial charge in [-0.3, -0.25) is 9.69 Å². The van der Waals surface area contributed by atoms with Crippen LogP contribution >= 0.6 is 0 Å². The topological polar surface area (TPSA) is 35.6 Å². The molecular weight excluding hydrogens is 238 g/mol. The summed E-state index contributed by atoms with van der Waals surface area (Å²) >= 11 is 0. The van der Waals surface area contributed by atoms with Crippen molar-refractivity contribution < 1.29 is 4.79 Å². The van der Waals surface area contributed by atoms with E-state index in [2.05, 4.69) is 22.0 Å². The second-order valence-electron chi connectivity index (χ2n) is 6.42. The van der Waals surface area contributed by atoms with Gasteiger partial charge in [-0.1, -0.05) is 0 Å². The Labute approximate surface area is 116 Å². The fourth-order valence-corrected chi connectivity index (χ4v) is 4.06. The third kappa shape index (κ3) is 2.79. The number of hydrogen-bond acceptors (Lipinski definition) is 3. The lowest BCUT2D eigenvalue weighted by Crippen LogP contribution is -2.52. The third-order valence-corrected chi connectivity index (χ3v) is 5.11. The molecule has 3 saturated heterocycles. The lowest BCUT2D eigenvalue weighted by molar-refractivity contribution is -0.134. The molecule has 108 valence electrons. The minimum atomic E-state index is -0.0105. The van der Waals surface area contributed by atoms with Crippen LogP contribution < -0.4 is 5.32 Å². The van der Waals surface area contributed by atoms with Crippen LogP contribution in [0.25, 0.3) is 0 Å². The van der Waals surface area contributed by atoms with E-state index in [1.54, 1.807) is 0 Å². The normalized spacial score (nSPS) is 33.4. The van der Waals surface area contributed by atoms with Crippen LogP contribution in [0.2, 0.25) is 0 Å². The van der Waals surface area contributed by atoms with Crippen molar-refractivity contribution in [2.75, 3.05) is 26.2 Å². The number of carbonyl (C=O) groups excluding carboxylic acids is 1. The molecule has 3 fully saturated rings. The van der Waals surface area contributed by atoms with Crippen molar-refractivity contribution in [1.29, 1.82) is 0 Å².